The molecule has 0 saturated heterocycles. The van der Waals surface area contributed by atoms with Crippen LogP contribution in [0.15, 0.2) is 54.4 Å². The molecule has 1 amide bonds. The predicted octanol–water partition coefficient (Wildman–Crippen LogP) is 3.09. The van der Waals surface area contributed by atoms with E-state index in [1.165, 1.54) is 30.6 Å². The Morgan fingerprint density at radius 3 is 2.71 bits per heavy atom. The topological polar surface area (TPSA) is 140 Å². The van der Waals surface area contributed by atoms with Gasteiger partial charge in [-0.15, -0.1) is 0 Å². The molecule has 0 unspecified atom stereocenters. The molecule has 0 radical (unpaired) electrons. The Balaban J connectivity index is 1.62. The van der Waals surface area contributed by atoms with E-state index in [2.05, 4.69) is 27.0 Å². The minimum absolute atomic E-state index is 0.124. The number of rotatable bonds is 9. The number of anilines is 1. The van der Waals surface area contributed by atoms with Crippen molar-refractivity contribution >= 4 is 17.4 Å². The van der Waals surface area contributed by atoms with Gasteiger partial charge in [0.15, 0.2) is 0 Å². The molecule has 8 nitrogen and oxygen atoms in total. The summed E-state index contributed by atoms with van der Waals surface area (Å²) in [6.45, 7) is 0.547. The molecule has 0 atom stereocenters. The first-order valence-electron chi connectivity index (χ1n) is 10.9. The second-order valence-corrected chi connectivity index (χ2v) is 8.33. The van der Waals surface area contributed by atoms with E-state index in [1.807, 2.05) is 6.07 Å². The number of halogens is 2. The number of amidine groups is 1. The fraction of sp³-hybridized carbons (Fsp3) is 0.333. The molecule has 1 fully saturated rings. The Morgan fingerprint density at radius 2 is 2.06 bits per heavy atom. The fourth-order valence-electron chi connectivity index (χ4n) is 3.99. The Kier molecular flexibility index (Phi) is 8.27. The van der Waals surface area contributed by atoms with Crippen molar-refractivity contribution < 1.29 is 13.6 Å². The number of pyridine rings is 1. The molecule has 0 spiro atoms. The van der Waals surface area contributed by atoms with Gasteiger partial charge in [-0.1, -0.05) is 12.1 Å². The number of hydrogen-bond donors (Lipinski definition) is 5. The van der Waals surface area contributed by atoms with E-state index in [4.69, 9.17) is 11.1 Å². The molecule has 1 aliphatic rings. The third-order valence-electron chi connectivity index (χ3n) is 5.90. The lowest BCUT2D eigenvalue weighted by molar-refractivity contribution is -0.114. The van der Waals surface area contributed by atoms with Crippen molar-refractivity contribution in [2.45, 2.75) is 50.2 Å². The smallest absolute Gasteiger partial charge is 0.253 e. The van der Waals surface area contributed by atoms with Gasteiger partial charge < -0.3 is 21.7 Å². The number of aromatic nitrogens is 1. The van der Waals surface area contributed by atoms with Crippen LogP contribution in [0.4, 0.5) is 14.5 Å². The second-order valence-electron chi connectivity index (χ2n) is 8.33. The van der Waals surface area contributed by atoms with E-state index in [-0.39, 0.29) is 35.4 Å². The molecule has 1 aromatic carbocycles. The number of nitriles is 1. The first-order chi connectivity index (χ1) is 16.3. The van der Waals surface area contributed by atoms with E-state index in [0.29, 0.717) is 19.4 Å². The maximum atomic E-state index is 13.4. The number of nitrogens with zero attached hydrogens (tertiary/aromatic N) is 2. The Morgan fingerprint density at radius 1 is 1.29 bits per heavy atom. The zero-order chi connectivity index (χ0) is 24.6. The molecule has 34 heavy (non-hydrogen) atoms. The lowest BCUT2D eigenvalue weighted by atomic mass is 9.77. The van der Waals surface area contributed by atoms with Gasteiger partial charge in [0.05, 0.1) is 18.1 Å². The Hall–Kier alpha value is -3.84. The minimum Gasteiger partial charge on any atom is -0.384 e. The third-order valence-corrected chi connectivity index (χ3v) is 5.90. The fourth-order valence-corrected chi connectivity index (χ4v) is 3.99. The maximum Gasteiger partial charge on any atom is 0.253 e. The predicted molar refractivity (Wildman–Crippen MR) is 124 cm³/mol. The Labute approximate surface area is 196 Å². The standard InChI is InChI=1S/C24H27F2N7O/c25-17-3-1-2-16(12-17)14-31-18-4-7-24(8-5-18,9-10-27)32-15-20(23(29)34)22(28)33-19-6-11-30-21(26)13-19/h1-3,6,11-13,15,18,31-32H,4-5,7-9,14H2,(H2,29,34)(H2,28,30,33)/b20-15+. The summed E-state index contributed by atoms with van der Waals surface area (Å²) in [5, 5.41) is 26.8. The molecular weight excluding hydrogens is 440 g/mol. The van der Waals surface area contributed by atoms with Crippen LogP contribution >= 0.6 is 0 Å². The third kappa shape index (κ3) is 6.83. The van der Waals surface area contributed by atoms with Gasteiger partial charge in [-0.3, -0.25) is 10.2 Å². The molecule has 178 valence electrons. The largest absolute Gasteiger partial charge is 0.384 e. The zero-order valence-corrected chi connectivity index (χ0v) is 18.6. The maximum absolute atomic E-state index is 13.4. The van der Waals surface area contributed by atoms with E-state index in [0.717, 1.165) is 24.5 Å². The molecule has 6 N–H and O–H groups in total. The van der Waals surface area contributed by atoms with Crippen LogP contribution in [0.5, 0.6) is 0 Å². The highest BCUT2D eigenvalue weighted by atomic mass is 19.1. The number of nitrogens with two attached hydrogens (primary N) is 1. The molecule has 1 saturated carbocycles. The van der Waals surface area contributed by atoms with Crippen molar-refractivity contribution in [2.24, 2.45) is 5.73 Å². The van der Waals surface area contributed by atoms with Crippen LogP contribution in [0.2, 0.25) is 0 Å². The summed E-state index contributed by atoms with van der Waals surface area (Å²) in [6, 6.07) is 11.4. The van der Waals surface area contributed by atoms with Crippen molar-refractivity contribution in [2.75, 3.05) is 5.32 Å². The van der Waals surface area contributed by atoms with Gasteiger partial charge in [0.1, 0.15) is 11.7 Å². The molecule has 0 bridgehead atoms. The van der Waals surface area contributed by atoms with Crippen molar-refractivity contribution in [3.05, 3.63) is 71.7 Å². The summed E-state index contributed by atoms with van der Waals surface area (Å²) >= 11 is 0. The van der Waals surface area contributed by atoms with Crippen LogP contribution in [0.3, 0.4) is 0 Å². The molecule has 10 heteroatoms. The molecular formula is C24H27F2N7O. The monoisotopic (exact) mass is 467 g/mol. The van der Waals surface area contributed by atoms with Gasteiger partial charge in [-0.05, 0) is 49.4 Å². The van der Waals surface area contributed by atoms with Crippen LogP contribution in [0, 0.1) is 28.5 Å². The zero-order valence-electron chi connectivity index (χ0n) is 18.6. The summed E-state index contributed by atoms with van der Waals surface area (Å²) in [4.78, 5) is 15.4. The molecule has 1 heterocycles. The van der Waals surface area contributed by atoms with Gasteiger partial charge in [-0.2, -0.15) is 9.65 Å². The van der Waals surface area contributed by atoms with Gasteiger partial charge in [0.25, 0.3) is 5.91 Å². The highest BCUT2D eigenvalue weighted by Crippen LogP contribution is 2.31. The highest BCUT2D eigenvalue weighted by molar-refractivity contribution is 6.23. The van der Waals surface area contributed by atoms with Gasteiger partial charge in [0, 0.05) is 42.3 Å². The van der Waals surface area contributed by atoms with E-state index < -0.39 is 17.4 Å². The summed E-state index contributed by atoms with van der Waals surface area (Å²) in [7, 11) is 0. The van der Waals surface area contributed by atoms with Crippen molar-refractivity contribution in [1.82, 2.24) is 15.6 Å². The molecule has 0 aliphatic heterocycles. The van der Waals surface area contributed by atoms with Gasteiger partial charge >= 0.3 is 0 Å². The van der Waals surface area contributed by atoms with Crippen molar-refractivity contribution in [3.63, 3.8) is 0 Å². The lowest BCUT2D eigenvalue weighted by Gasteiger charge is -2.39. The lowest BCUT2D eigenvalue weighted by Crippen LogP contribution is -2.49. The number of carbonyl (C=O) groups excluding carboxylic acids is 1. The van der Waals surface area contributed by atoms with Gasteiger partial charge in [0.2, 0.25) is 5.95 Å². The molecule has 3 rings (SSSR count). The average Bonchev–Trinajstić information content (AvgIpc) is 2.79. The van der Waals surface area contributed by atoms with E-state index in [1.54, 1.807) is 6.07 Å². The van der Waals surface area contributed by atoms with Crippen molar-refractivity contribution in [1.29, 1.82) is 10.7 Å². The second kappa shape index (κ2) is 11.3. The quantitative estimate of drug-likeness (QED) is 0.166. The van der Waals surface area contributed by atoms with E-state index >= 15 is 0 Å². The first kappa shape index (κ1) is 24.8. The minimum atomic E-state index is -0.836. The number of carbonyl (C=O) groups is 1. The van der Waals surface area contributed by atoms with Crippen LogP contribution in [0.1, 0.15) is 37.7 Å². The van der Waals surface area contributed by atoms with Crippen molar-refractivity contribution in [3.8, 4) is 6.07 Å². The van der Waals surface area contributed by atoms with Crippen LogP contribution in [-0.4, -0.2) is 28.3 Å². The SMILES string of the molecule is N#CCC1(N/C=C(\C(=N)Nc2ccnc(F)c2)C(N)=O)CCC(NCc2cccc(F)c2)CC1. The number of nitrogens with one attached hydrogen (secondary N) is 4. The average molecular weight is 468 g/mol. The normalized spacial score (nSPS) is 20.3. The number of hydrogen-bond acceptors (Lipinski definition) is 6. The van der Waals surface area contributed by atoms with E-state index in [9.17, 15) is 18.8 Å². The summed E-state index contributed by atoms with van der Waals surface area (Å²) in [5.41, 5.74) is 5.88. The van der Waals surface area contributed by atoms with Crippen LogP contribution in [-0.2, 0) is 11.3 Å². The van der Waals surface area contributed by atoms with Crippen LogP contribution in [0.25, 0.3) is 0 Å². The number of benzene rings is 1. The summed E-state index contributed by atoms with van der Waals surface area (Å²) in [6.07, 6.45) is 5.65. The summed E-state index contributed by atoms with van der Waals surface area (Å²) < 4.78 is 26.7. The number of amides is 1. The molecule has 2 aromatic rings. The van der Waals surface area contributed by atoms with Crippen LogP contribution < -0.4 is 21.7 Å². The highest BCUT2D eigenvalue weighted by Gasteiger charge is 2.34. The van der Waals surface area contributed by atoms with Gasteiger partial charge in [-0.25, -0.2) is 9.37 Å². The molecule has 1 aliphatic carbocycles. The number of primary amides is 1. The Bertz CT molecular complexity index is 1100. The summed E-state index contributed by atoms with van der Waals surface area (Å²) in [5.74, 6) is -2.14. The molecule has 1 aromatic heterocycles. The first-order valence-corrected chi connectivity index (χ1v) is 10.9.